The lowest BCUT2D eigenvalue weighted by molar-refractivity contribution is -1.03. The van der Waals surface area contributed by atoms with E-state index < -0.39 is 13.5 Å². The van der Waals surface area contributed by atoms with Gasteiger partial charge in [0.1, 0.15) is 11.2 Å². The van der Waals surface area contributed by atoms with Crippen LogP contribution in [0.1, 0.15) is 22.3 Å². The smallest absolute Gasteiger partial charge is 0.352 e. The largest absolute Gasteiger partial charge is 0.412 e. The summed E-state index contributed by atoms with van der Waals surface area (Å²) in [5, 5.41) is 8.30. The van der Waals surface area contributed by atoms with Crippen molar-refractivity contribution in [1.29, 1.82) is 0 Å². The molecule has 3 spiro atoms. The molecule has 7 heteroatoms. The number of para-hydroxylation sites is 4. The van der Waals surface area contributed by atoms with Gasteiger partial charge < -0.3 is 4.74 Å². The minimum atomic E-state index is -2.95. The maximum absolute atomic E-state index is 7.51. The molecule has 0 N–H and O–H groups in total. The SMILES string of the molecule is c1ccc2c(c1)-c1ccccc1C21c2ccccc2N2c3ccccc3[N+]34c5c(ccc6c5-n5c7c(cccc7c7ccc[n+]3c75)[Si]63c5ccccc5-c5ccccc53)Oc3ccc1c2[n+]34. The van der Waals surface area contributed by atoms with Crippen LogP contribution in [0.15, 0.2) is 206 Å². The molecule has 66 heavy (non-hydrogen) atoms. The highest BCUT2D eigenvalue weighted by Crippen LogP contribution is 2.66. The van der Waals surface area contributed by atoms with Crippen molar-refractivity contribution in [2.24, 2.45) is 0 Å². The van der Waals surface area contributed by atoms with Crippen molar-refractivity contribution in [3.8, 4) is 39.6 Å². The zero-order chi connectivity index (χ0) is 42.4. The summed E-state index contributed by atoms with van der Waals surface area (Å²) >= 11 is 0. The Balaban J connectivity index is 1.09. The minimum absolute atomic E-state index is 0.266. The highest BCUT2D eigenvalue weighted by atomic mass is 28.3. The Morgan fingerprint density at radius 1 is 0.485 bits per heavy atom. The van der Waals surface area contributed by atoms with Gasteiger partial charge in [-0.05, 0) is 90.9 Å². The lowest BCUT2D eigenvalue weighted by atomic mass is 9.65. The molecule has 0 amide bonds. The molecule has 7 aliphatic rings. The van der Waals surface area contributed by atoms with Gasteiger partial charge in [0.15, 0.2) is 14.3 Å². The van der Waals surface area contributed by atoms with E-state index in [0.717, 1.165) is 34.5 Å². The Morgan fingerprint density at radius 2 is 1.12 bits per heavy atom. The molecular formula is C59H34N5OSi+3. The van der Waals surface area contributed by atoms with E-state index in [-0.39, 0.29) is 4.70 Å². The van der Waals surface area contributed by atoms with Crippen LogP contribution < -0.4 is 44.4 Å². The fourth-order valence-electron chi connectivity index (χ4n) is 14.6. The number of anilines is 3. The number of nitrogens with zero attached hydrogens (tertiary/aromatic N) is 5. The molecule has 0 fully saturated rings. The number of hydrogen-bond acceptors (Lipinski definition) is 2. The van der Waals surface area contributed by atoms with Crippen molar-refractivity contribution in [3.63, 3.8) is 0 Å². The number of aromatic nitrogens is 3. The summed E-state index contributed by atoms with van der Waals surface area (Å²) in [6.45, 7) is 0. The zero-order valence-corrected chi connectivity index (χ0v) is 36.3. The molecule has 0 saturated heterocycles. The monoisotopic (exact) mass is 856 g/mol. The van der Waals surface area contributed by atoms with E-state index in [1.807, 2.05) is 0 Å². The quantitative estimate of drug-likeness (QED) is 0.0864. The maximum atomic E-state index is 7.51. The van der Waals surface area contributed by atoms with E-state index in [0.29, 0.717) is 0 Å². The van der Waals surface area contributed by atoms with Crippen molar-refractivity contribution < 1.29 is 14.1 Å². The number of quaternary nitrogens is 1. The van der Waals surface area contributed by atoms with Crippen LogP contribution in [0.25, 0.3) is 49.9 Å². The Kier molecular flexibility index (Phi) is 5.33. The van der Waals surface area contributed by atoms with Crippen LogP contribution >= 0.6 is 0 Å². The van der Waals surface area contributed by atoms with Crippen molar-refractivity contribution >= 4 is 79.3 Å². The number of benzene rings is 8. The predicted molar refractivity (Wildman–Crippen MR) is 262 cm³/mol. The van der Waals surface area contributed by atoms with E-state index in [1.54, 1.807) is 0 Å². The van der Waals surface area contributed by atoms with Crippen LogP contribution in [0.2, 0.25) is 0 Å². The van der Waals surface area contributed by atoms with Gasteiger partial charge in [-0.25, -0.2) is 0 Å². The summed E-state index contributed by atoms with van der Waals surface area (Å²) in [6, 6.07) is 76.3. The normalized spacial score (nSPS) is 18.1. The second-order valence-electron chi connectivity index (χ2n) is 18.9. The van der Waals surface area contributed by atoms with Gasteiger partial charge in [-0.3, -0.25) is 0 Å². The number of fused-ring (bicyclic) bond motifs is 19. The lowest BCUT2D eigenvalue weighted by Gasteiger charge is -2.46. The number of ether oxygens (including phenoxy) is 1. The Hall–Kier alpha value is -8.36. The van der Waals surface area contributed by atoms with Crippen LogP contribution in [-0.2, 0) is 5.41 Å². The molecule has 0 saturated carbocycles. The maximum Gasteiger partial charge on any atom is 0.352 e. The second kappa shape index (κ2) is 10.6. The highest BCUT2D eigenvalue weighted by Gasteiger charge is 2.72. The second-order valence-corrected chi connectivity index (χ2v) is 22.5. The van der Waals surface area contributed by atoms with Crippen LogP contribution in [0.4, 0.5) is 28.6 Å². The van der Waals surface area contributed by atoms with Crippen LogP contribution in [0.5, 0.6) is 11.6 Å². The van der Waals surface area contributed by atoms with Gasteiger partial charge in [0, 0.05) is 38.1 Å². The van der Waals surface area contributed by atoms with Crippen LogP contribution in [-0.4, -0.2) is 12.6 Å². The summed E-state index contributed by atoms with van der Waals surface area (Å²) < 4.78 is 15.5. The van der Waals surface area contributed by atoms with E-state index in [4.69, 9.17) is 4.74 Å². The average molecular weight is 857 g/mol. The Bertz CT molecular complexity index is 4120. The number of pyridine rings is 2. The third-order valence-corrected chi connectivity index (χ3v) is 21.5. The van der Waals surface area contributed by atoms with Crippen LogP contribution in [0, 0.1) is 0 Å². The topological polar surface area (TPSA) is 25.2 Å². The fourth-order valence-corrected chi connectivity index (χ4v) is 20.1. The average Bonchev–Trinajstić information content (AvgIpc) is 3.99. The molecule has 1 aliphatic carbocycles. The van der Waals surface area contributed by atoms with Gasteiger partial charge >= 0.3 is 23.0 Å². The fraction of sp³-hybridized carbons (Fsp3) is 0.0169. The molecule has 11 aromatic rings. The van der Waals surface area contributed by atoms with Gasteiger partial charge in [0.25, 0.3) is 5.69 Å². The standard InChI is InChI=1S/C59H34N5OSi/c1-5-21-41-35(15-1)36-16-2-6-22-42(36)59(41)43-23-7-8-24-45(43)61-46-25-9-10-26-47(46)64-56-48(65-53-33-30-44(59)58(61)63(53)64)31-32-52-55(56)62-54-39(40-20-14-34-60(64)57(40)62)19-13-29-51(54)66(52)49-27-11-3-17-37(49)38-18-4-12-28-50(38)66/h1-34H/q+3. The van der Waals surface area contributed by atoms with E-state index >= 15 is 0 Å². The third-order valence-electron chi connectivity index (χ3n) is 16.6. The summed E-state index contributed by atoms with van der Waals surface area (Å²) in [5.74, 6) is 2.78. The van der Waals surface area contributed by atoms with E-state index in [2.05, 4.69) is 225 Å². The van der Waals surface area contributed by atoms with Gasteiger partial charge in [-0.1, -0.05) is 146 Å². The molecule has 8 aromatic carbocycles. The molecule has 1 unspecified atom stereocenters. The van der Waals surface area contributed by atoms with Crippen molar-refractivity contribution in [3.05, 3.63) is 229 Å². The first-order valence-corrected chi connectivity index (χ1v) is 25.0. The molecule has 18 rings (SSSR count). The Labute approximate surface area is 379 Å². The van der Waals surface area contributed by atoms with Crippen molar-refractivity contribution in [1.82, 2.24) is 9.27 Å². The van der Waals surface area contributed by atoms with Crippen LogP contribution in [0.3, 0.4) is 0 Å². The van der Waals surface area contributed by atoms with E-state index in [1.165, 1.54) is 98.6 Å². The van der Waals surface area contributed by atoms with Crippen molar-refractivity contribution in [2.75, 3.05) is 4.90 Å². The molecule has 6 nitrogen and oxygen atoms in total. The first kappa shape index (κ1) is 33.2. The molecular weight excluding hydrogens is 823 g/mol. The third kappa shape index (κ3) is 3.10. The molecule has 6 aliphatic heterocycles. The van der Waals surface area contributed by atoms with Gasteiger partial charge in [0.2, 0.25) is 17.1 Å². The van der Waals surface area contributed by atoms with Gasteiger partial charge in [-0.15, -0.1) is 0 Å². The zero-order valence-electron chi connectivity index (χ0n) is 35.3. The van der Waals surface area contributed by atoms with Crippen molar-refractivity contribution in [2.45, 2.75) is 5.41 Å². The first-order valence-electron chi connectivity index (χ1n) is 23.0. The molecule has 9 heterocycles. The summed E-state index contributed by atoms with van der Waals surface area (Å²) in [6.07, 6.45) is 2.33. The number of rotatable bonds is 0. The molecule has 302 valence electrons. The summed E-state index contributed by atoms with van der Waals surface area (Å²) in [4.78, 5) is 2.55. The summed E-state index contributed by atoms with van der Waals surface area (Å²) in [7, 11) is -2.95. The molecule has 0 radical (unpaired) electrons. The molecule has 3 aromatic heterocycles. The van der Waals surface area contributed by atoms with E-state index in [9.17, 15) is 0 Å². The summed E-state index contributed by atoms with van der Waals surface area (Å²) in [5.41, 5.74) is 18.2. The Morgan fingerprint density at radius 3 is 1.89 bits per heavy atom. The molecule has 0 bridgehead atoms. The lowest BCUT2D eigenvalue weighted by Crippen LogP contribution is -2.88. The van der Waals surface area contributed by atoms with Gasteiger partial charge in [-0.2, -0.15) is 9.47 Å². The van der Waals surface area contributed by atoms with Gasteiger partial charge in [0.05, 0.1) is 21.1 Å². The minimum Gasteiger partial charge on any atom is -0.412 e. The highest BCUT2D eigenvalue weighted by molar-refractivity contribution is 7.23. The first-order chi connectivity index (χ1) is 32.8. The molecule has 1 atom stereocenters. The number of hydrogen-bond donors (Lipinski definition) is 0. The predicted octanol–water partition coefficient (Wildman–Crippen LogP) is 9.47.